The number of anilines is 1. The third-order valence-electron chi connectivity index (χ3n) is 14.9. The monoisotopic (exact) mass is 1170 g/mol. The maximum absolute atomic E-state index is 16.1. The number of hydrogen-bond acceptors (Lipinski definition) is 13. The summed E-state index contributed by atoms with van der Waals surface area (Å²) in [5.74, 6) is 1.77. The highest BCUT2D eigenvalue weighted by atomic mass is 19.4. The van der Waals surface area contributed by atoms with E-state index in [1.54, 1.807) is 18.3 Å². The van der Waals surface area contributed by atoms with Crippen molar-refractivity contribution >= 4 is 29.8 Å². The maximum atomic E-state index is 16.1. The average molecular weight is 1170 g/mol. The Labute approximate surface area is 465 Å². The summed E-state index contributed by atoms with van der Waals surface area (Å²) in [6.45, 7) is 2.09. The van der Waals surface area contributed by atoms with Crippen LogP contribution in [0.2, 0.25) is 0 Å². The fraction of sp³-hybridized carbons (Fsp3) is 0.519. The second kappa shape index (κ2) is 25.5. The number of hydrogen-bond donors (Lipinski definition) is 5. The number of piperidine rings is 2. The number of alkyl carbamates (subject to hydrolysis) is 2. The van der Waals surface area contributed by atoms with Crippen molar-refractivity contribution in [2.75, 3.05) is 65.0 Å². The number of ether oxygens (including phenoxy) is 3. The molecule has 5 N–H and O–H groups in total. The standard InChI is InChI=1S/C54H62F10N10O8/c1-51(2,53(59,60)61)44(69-50(79)80-6)46(76)68-41(16-31-10-7-30(8-11-31)9-12-32-13-14-43(66-19-32)72-23-33-15-34(24-72)22-71(21-33)37-28-81-29-37)42(75)27-73(70-47(77)45(82-49(78)65-5)52(3,4)54(62,63)64)26-38-39(55)17-35(18-40(38)56)36-20-67-74(25-36)48(57)58/h7-8,10-11,13-14,17-20,25,33-34,37,41-42,44-45,48,75H,15-16,21-24,26-29H2,1-6H3,(H,65,78)(H,68,76)(H,69,79)(H,70,77)/t33-,34-,41-,42-,44+,45+/m0/s1. The van der Waals surface area contributed by atoms with Crippen molar-refractivity contribution in [3.8, 4) is 23.0 Å². The number of carbonyl (C=O) groups is 4. The van der Waals surface area contributed by atoms with Gasteiger partial charge in [0.25, 0.3) is 5.91 Å². The molecular formula is C54H62F10N10O8. The Kier molecular flexibility index (Phi) is 19.4. The smallest absolute Gasteiger partial charge is 0.407 e. The van der Waals surface area contributed by atoms with Crippen LogP contribution in [0.15, 0.2) is 67.1 Å². The molecule has 4 amide bonds. The molecule has 3 saturated heterocycles. The number of likely N-dealkylation sites (tertiary alicyclic amines) is 1. The SMILES string of the molecule is CNC(=O)O[C@H](C(=O)NN(Cc1c(F)cc(-c2cnn(C(F)F)c2)cc1F)C[C@H](O)[C@H](Cc1ccc(C#Cc2ccc(N3C[C@H]4C[C@H](C3)CN(C3COC3)C4)nc2)cc1)NC(=O)[C@@H](NC(=O)OC)C(C)(C)C(F)(F)F)C(C)(C)C(F)(F)F. The number of nitrogens with zero attached hydrogens (tertiary/aromatic N) is 6. The number of carbonyl (C=O) groups excluding carboxylic acids is 4. The third-order valence-corrected chi connectivity index (χ3v) is 14.9. The van der Waals surface area contributed by atoms with Crippen molar-refractivity contribution < 1.29 is 82.4 Å². The van der Waals surface area contributed by atoms with Gasteiger partial charge in [0.15, 0.2) is 6.10 Å². The molecule has 7 rings (SSSR count). The molecule has 446 valence electrons. The fourth-order valence-corrected chi connectivity index (χ4v) is 9.74. The Morgan fingerprint density at radius 2 is 1.43 bits per heavy atom. The summed E-state index contributed by atoms with van der Waals surface area (Å²) in [4.78, 5) is 62.4. The number of rotatable bonds is 19. The van der Waals surface area contributed by atoms with E-state index in [-0.39, 0.29) is 21.4 Å². The van der Waals surface area contributed by atoms with Gasteiger partial charge < -0.3 is 40.2 Å². The van der Waals surface area contributed by atoms with Crippen molar-refractivity contribution in [2.24, 2.45) is 22.7 Å². The summed E-state index contributed by atoms with van der Waals surface area (Å²) in [7, 11) is 1.79. The minimum Gasteiger partial charge on any atom is -0.453 e. The summed E-state index contributed by atoms with van der Waals surface area (Å²) in [6.07, 6.45) is -14.3. The minimum absolute atomic E-state index is 0.175. The number of aliphatic hydroxyl groups excluding tert-OH is 1. The van der Waals surface area contributed by atoms with Crippen LogP contribution in [-0.4, -0.2) is 157 Å². The predicted octanol–water partition coefficient (Wildman–Crippen LogP) is 6.72. The molecule has 5 heterocycles. The molecule has 28 heteroatoms. The van der Waals surface area contributed by atoms with Gasteiger partial charge in [0, 0.05) is 81.0 Å². The first-order valence-corrected chi connectivity index (χ1v) is 25.8. The summed E-state index contributed by atoms with van der Waals surface area (Å²) in [5.41, 5.74) is -4.33. The van der Waals surface area contributed by atoms with Crippen LogP contribution in [0.5, 0.6) is 0 Å². The number of fused-ring (bicyclic) bond motifs is 2. The van der Waals surface area contributed by atoms with Gasteiger partial charge in [-0.2, -0.15) is 40.2 Å². The molecule has 2 bridgehead atoms. The minimum atomic E-state index is -5.26. The molecule has 2 aromatic carbocycles. The largest absolute Gasteiger partial charge is 0.453 e. The summed E-state index contributed by atoms with van der Waals surface area (Å²) >= 11 is 0. The van der Waals surface area contributed by atoms with Crippen LogP contribution in [0.4, 0.5) is 59.3 Å². The van der Waals surface area contributed by atoms with Gasteiger partial charge in [0.05, 0.1) is 50.1 Å². The number of benzene rings is 2. The molecule has 0 unspecified atom stereocenters. The van der Waals surface area contributed by atoms with Crippen LogP contribution in [0.3, 0.4) is 0 Å². The number of aliphatic hydroxyl groups is 1. The van der Waals surface area contributed by atoms with Crippen molar-refractivity contribution in [2.45, 2.75) is 96.3 Å². The molecule has 3 aliphatic heterocycles. The van der Waals surface area contributed by atoms with Crippen molar-refractivity contribution in [1.29, 1.82) is 0 Å². The van der Waals surface area contributed by atoms with Gasteiger partial charge in [-0.05, 0) is 99.9 Å². The lowest BCUT2D eigenvalue weighted by Gasteiger charge is -2.50. The van der Waals surface area contributed by atoms with Crippen LogP contribution in [0.1, 0.15) is 62.9 Å². The topological polar surface area (TPSA) is 205 Å². The van der Waals surface area contributed by atoms with Crippen LogP contribution in [0.25, 0.3) is 11.1 Å². The molecule has 0 radical (unpaired) electrons. The van der Waals surface area contributed by atoms with Crippen LogP contribution < -0.4 is 26.3 Å². The number of amides is 4. The Morgan fingerprint density at radius 1 is 0.817 bits per heavy atom. The van der Waals surface area contributed by atoms with Crippen molar-refractivity contribution in [3.05, 3.63) is 101 Å². The second-order valence-corrected chi connectivity index (χ2v) is 21.6. The van der Waals surface area contributed by atoms with E-state index in [1.807, 2.05) is 28.2 Å². The molecule has 4 aromatic rings. The van der Waals surface area contributed by atoms with E-state index in [9.17, 15) is 59.4 Å². The van der Waals surface area contributed by atoms with Gasteiger partial charge in [-0.3, -0.25) is 19.9 Å². The number of alkyl halides is 8. The maximum Gasteiger partial charge on any atom is 0.407 e. The quantitative estimate of drug-likeness (QED) is 0.0376. The zero-order valence-electron chi connectivity index (χ0n) is 45.3. The van der Waals surface area contributed by atoms with Crippen LogP contribution in [0, 0.1) is 46.1 Å². The lowest BCUT2D eigenvalue weighted by molar-refractivity contribution is -0.239. The van der Waals surface area contributed by atoms with Crippen LogP contribution >= 0.6 is 0 Å². The molecular weight excluding hydrogens is 1110 g/mol. The molecule has 0 spiro atoms. The van der Waals surface area contributed by atoms with Crippen molar-refractivity contribution in [1.82, 2.24) is 46.0 Å². The predicted molar refractivity (Wildman–Crippen MR) is 274 cm³/mol. The fourth-order valence-electron chi connectivity index (χ4n) is 9.74. The van der Waals surface area contributed by atoms with E-state index < -0.39 is 115 Å². The Morgan fingerprint density at radius 3 is 1.95 bits per heavy atom. The summed E-state index contributed by atoms with van der Waals surface area (Å²) < 4.78 is 161. The molecule has 0 aliphatic carbocycles. The normalized spacial score (nSPS) is 18.5. The number of hydrazine groups is 1. The van der Waals surface area contributed by atoms with E-state index >= 15 is 8.78 Å². The lowest BCUT2D eigenvalue weighted by atomic mass is 9.82. The Hall–Kier alpha value is -7.22. The molecule has 3 aliphatic rings. The third kappa shape index (κ3) is 14.9. The summed E-state index contributed by atoms with van der Waals surface area (Å²) in [6, 6.07) is 7.43. The van der Waals surface area contributed by atoms with E-state index in [0.717, 1.165) is 78.2 Å². The number of halogens is 10. The first kappa shape index (κ1) is 62.4. The summed E-state index contributed by atoms with van der Waals surface area (Å²) in [5, 5.41) is 22.1. The van der Waals surface area contributed by atoms with Crippen LogP contribution in [-0.2, 0) is 36.8 Å². The van der Waals surface area contributed by atoms with Gasteiger partial charge in [-0.15, -0.1) is 0 Å². The van der Waals surface area contributed by atoms with E-state index in [0.29, 0.717) is 73.8 Å². The number of nitrogens with one attached hydrogen (secondary N) is 4. The van der Waals surface area contributed by atoms with Gasteiger partial charge in [-0.25, -0.2) is 33.0 Å². The lowest BCUT2D eigenvalue weighted by Crippen LogP contribution is -2.62. The van der Waals surface area contributed by atoms with Gasteiger partial charge in [-0.1, -0.05) is 24.0 Å². The molecule has 18 nitrogen and oxygen atoms in total. The first-order valence-electron chi connectivity index (χ1n) is 25.8. The zero-order valence-corrected chi connectivity index (χ0v) is 45.3. The Balaban J connectivity index is 1.17. The highest BCUT2D eigenvalue weighted by Gasteiger charge is 2.58. The van der Waals surface area contributed by atoms with Gasteiger partial charge in [0.2, 0.25) is 5.91 Å². The highest BCUT2D eigenvalue weighted by molar-refractivity contribution is 5.87. The average Bonchev–Trinajstić information content (AvgIpc) is 4.06. The van der Waals surface area contributed by atoms with E-state index in [4.69, 9.17) is 9.47 Å². The highest BCUT2D eigenvalue weighted by Crippen LogP contribution is 2.43. The molecule has 2 aromatic heterocycles. The van der Waals surface area contributed by atoms with Gasteiger partial charge >= 0.3 is 31.1 Å². The zero-order chi connectivity index (χ0) is 60.1. The number of aromatic nitrogens is 3. The first-order chi connectivity index (χ1) is 38.5. The second-order valence-electron chi connectivity index (χ2n) is 21.6. The van der Waals surface area contributed by atoms with E-state index in [2.05, 4.69) is 41.8 Å². The van der Waals surface area contributed by atoms with Crippen molar-refractivity contribution in [3.63, 3.8) is 0 Å². The molecule has 3 fully saturated rings. The number of pyridine rings is 1. The Bertz CT molecular complexity index is 2930. The molecule has 6 atom stereocenters. The molecule has 82 heavy (non-hydrogen) atoms. The van der Waals surface area contributed by atoms with E-state index in [1.165, 1.54) is 12.1 Å². The number of methoxy groups -OCH3 is 1. The molecule has 0 saturated carbocycles. The van der Waals surface area contributed by atoms with Gasteiger partial charge in [0.1, 0.15) is 28.9 Å².